The fourth-order valence-corrected chi connectivity index (χ4v) is 7.07. The van der Waals surface area contributed by atoms with Crippen LogP contribution >= 0.6 is 0 Å². The second-order valence-electron chi connectivity index (χ2n) is 13.1. The average Bonchev–Trinajstić information content (AvgIpc) is 3.76. The third-order valence-corrected chi connectivity index (χ3v) is 9.82. The number of hydrogen-bond donors (Lipinski definition) is 2. The monoisotopic (exact) mass is 667 g/mol. The first-order chi connectivity index (χ1) is 23.8. The van der Waals surface area contributed by atoms with Gasteiger partial charge in [-0.25, -0.2) is 9.69 Å². The van der Waals surface area contributed by atoms with Gasteiger partial charge in [-0.3, -0.25) is 14.5 Å². The summed E-state index contributed by atoms with van der Waals surface area (Å²) in [6, 6.07) is 23.6. The van der Waals surface area contributed by atoms with Gasteiger partial charge in [0.2, 0.25) is 5.91 Å². The van der Waals surface area contributed by atoms with Crippen LogP contribution in [0.3, 0.4) is 0 Å². The summed E-state index contributed by atoms with van der Waals surface area (Å²) in [4.78, 5) is 42.2. The molecule has 2 saturated heterocycles. The van der Waals surface area contributed by atoms with Crippen LogP contribution in [0.15, 0.2) is 91.5 Å². The van der Waals surface area contributed by atoms with E-state index in [2.05, 4.69) is 23.7 Å². The Morgan fingerprint density at radius 1 is 0.980 bits per heavy atom. The molecule has 1 saturated carbocycles. The van der Waals surface area contributed by atoms with Crippen molar-refractivity contribution in [1.82, 2.24) is 10.2 Å². The van der Waals surface area contributed by atoms with Crippen LogP contribution < -0.4 is 10.2 Å². The normalized spacial score (nSPS) is 24.4. The first-order valence-corrected chi connectivity index (χ1v) is 17.1. The molecule has 10 nitrogen and oxygen atoms in total. The summed E-state index contributed by atoms with van der Waals surface area (Å²) in [5.41, 5.74) is 3.81. The van der Waals surface area contributed by atoms with E-state index in [1.165, 1.54) is 25.7 Å². The zero-order chi connectivity index (χ0) is 34.3. The number of aliphatic hydroxyl groups excluding tert-OH is 1. The van der Waals surface area contributed by atoms with E-state index in [1.807, 2.05) is 72.8 Å². The highest BCUT2D eigenvalue weighted by molar-refractivity contribution is 6.22. The van der Waals surface area contributed by atoms with Gasteiger partial charge in [0.25, 0.3) is 5.91 Å². The van der Waals surface area contributed by atoms with E-state index < -0.39 is 30.2 Å². The lowest BCUT2D eigenvalue weighted by molar-refractivity contribution is -0.276. The summed E-state index contributed by atoms with van der Waals surface area (Å²) in [5, 5.41) is 12.1. The van der Waals surface area contributed by atoms with Gasteiger partial charge in [0.05, 0.1) is 30.9 Å². The maximum atomic E-state index is 13.3. The van der Waals surface area contributed by atoms with Crippen molar-refractivity contribution in [1.29, 1.82) is 0 Å². The van der Waals surface area contributed by atoms with Crippen molar-refractivity contribution in [2.24, 2.45) is 5.92 Å². The molecule has 0 bridgehead atoms. The third kappa shape index (κ3) is 8.11. The number of anilines is 1. The molecule has 2 N–H and O–H groups in total. The quantitative estimate of drug-likeness (QED) is 0.180. The summed E-state index contributed by atoms with van der Waals surface area (Å²) in [7, 11) is 0. The molecule has 6 rings (SSSR count). The Hall–Kier alpha value is -4.35. The molecule has 3 fully saturated rings. The Morgan fingerprint density at radius 2 is 1.67 bits per heavy atom. The van der Waals surface area contributed by atoms with E-state index in [9.17, 15) is 19.5 Å². The van der Waals surface area contributed by atoms with Crippen LogP contribution in [0, 0.1) is 5.92 Å². The standard InChI is InChI=1S/C39H45N3O7/c1-3-21-41(31-11-7-8-12-31)23-34-26(2)36(29-15-13-27(24-43)14-16-29)49-38(48-34)30-17-19-32(20-18-30)42-35(44)22-33(37(42)45)40-39(46)47-25-28-9-5-4-6-10-28/h3-6,9-10,13-20,26,31,33-34,36,38,43H,1,7-8,11-12,21-25H2,2H3,(H,40,46)/t26-,33?,34+,36+,38+/m1/s1. The molecule has 3 aromatic rings. The first kappa shape index (κ1) is 34.5. The van der Waals surface area contributed by atoms with Crippen LogP contribution in [0.1, 0.15) is 73.7 Å². The lowest BCUT2D eigenvalue weighted by Gasteiger charge is -2.43. The van der Waals surface area contributed by atoms with Gasteiger partial charge in [0.1, 0.15) is 12.6 Å². The minimum Gasteiger partial charge on any atom is -0.445 e. The molecule has 0 aromatic heterocycles. The third-order valence-electron chi connectivity index (χ3n) is 9.82. The van der Waals surface area contributed by atoms with E-state index in [0.29, 0.717) is 11.7 Å². The summed E-state index contributed by atoms with van der Waals surface area (Å²) in [6.07, 6.45) is 4.74. The van der Waals surface area contributed by atoms with Gasteiger partial charge in [0.15, 0.2) is 6.29 Å². The highest BCUT2D eigenvalue weighted by atomic mass is 16.7. The number of alkyl carbamates (subject to hydrolysis) is 1. The number of carbonyl (C=O) groups excluding carboxylic acids is 3. The number of ether oxygens (including phenoxy) is 3. The van der Waals surface area contributed by atoms with Gasteiger partial charge in [-0.1, -0.05) is 92.6 Å². The lowest BCUT2D eigenvalue weighted by Crippen LogP contribution is -2.47. The molecule has 3 amide bonds. The van der Waals surface area contributed by atoms with E-state index in [1.54, 1.807) is 12.1 Å². The SMILES string of the molecule is C=CCN(C[C@@H]1O[C@H](c2ccc(N3C(=O)CC(NC(=O)OCc4ccccc4)C3=O)cc2)O[C@H](c2ccc(CO)cc2)[C@@H]1C)C1CCCC1. The minimum absolute atomic E-state index is 0.0306. The Morgan fingerprint density at radius 3 is 2.35 bits per heavy atom. The van der Waals surface area contributed by atoms with Crippen molar-refractivity contribution in [3.63, 3.8) is 0 Å². The Balaban J connectivity index is 1.16. The molecule has 49 heavy (non-hydrogen) atoms. The number of benzene rings is 3. The summed E-state index contributed by atoms with van der Waals surface area (Å²) in [5.74, 6) is -0.896. The number of nitrogens with zero attached hydrogens (tertiary/aromatic N) is 2. The molecule has 1 aliphatic carbocycles. The van der Waals surface area contributed by atoms with Crippen LogP contribution in [-0.2, 0) is 37.0 Å². The van der Waals surface area contributed by atoms with Crippen LogP contribution in [0.4, 0.5) is 10.5 Å². The predicted octanol–water partition coefficient (Wildman–Crippen LogP) is 5.96. The molecule has 1 unspecified atom stereocenters. The van der Waals surface area contributed by atoms with Gasteiger partial charge in [-0.2, -0.15) is 0 Å². The van der Waals surface area contributed by atoms with Crippen molar-refractivity contribution in [2.45, 2.75) is 82.8 Å². The smallest absolute Gasteiger partial charge is 0.408 e. The molecule has 3 aromatic carbocycles. The minimum atomic E-state index is -1.01. The second kappa shape index (κ2) is 15.9. The summed E-state index contributed by atoms with van der Waals surface area (Å²) < 4.78 is 18.6. The molecule has 3 aliphatic rings. The van der Waals surface area contributed by atoms with Crippen LogP contribution in [0.5, 0.6) is 0 Å². The van der Waals surface area contributed by atoms with Gasteiger partial charge >= 0.3 is 6.09 Å². The van der Waals surface area contributed by atoms with Crippen molar-refractivity contribution >= 4 is 23.6 Å². The Labute approximate surface area is 287 Å². The van der Waals surface area contributed by atoms with E-state index >= 15 is 0 Å². The van der Waals surface area contributed by atoms with E-state index in [-0.39, 0.29) is 37.8 Å². The zero-order valence-electron chi connectivity index (χ0n) is 27.9. The molecule has 5 atom stereocenters. The number of imide groups is 1. The number of carbonyl (C=O) groups is 3. The topological polar surface area (TPSA) is 118 Å². The maximum absolute atomic E-state index is 13.3. The fourth-order valence-electron chi connectivity index (χ4n) is 7.07. The van der Waals surface area contributed by atoms with Crippen molar-refractivity contribution < 1.29 is 33.7 Å². The molecule has 258 valence electrons. The molecule has 0 radical (unpaired) electrons. The van der Waals surface area contributed by atoms with Gasteiger partial charge in [0, 0.05) is 30.6 Å². The van der Waals surface area contributed by atoms with Crippen molar-refractivity contribution in [3.8, 4) is 0 Å². The van der Waals surface area contributed by atoms with Crippen LogP contribution in [0.25, 0.3) is 0 Å². The number of amides is 3. The number of hydrogen-bond acceptors (Lipinski definition) is 8. The Bertz CT molecular complexity index is 1590. The van der Waals surface area contributed by atoms with Gasteiger partial charge in [-0.15, -0.1) is 6.58 Å². The summed E-state index contributed by atoms with van der Waals surface area (Å²) >= 11 is 0. The van der Waals surface area contributed by atoms with Crippen LogP contribution in [0.2, 0.25) is 0 Å². The highest BCUT2D eigenvalue weighted by Crippen LogP contribution is 2.42. The molecule has 10 heteroatoms. The highest BCUT2D eigenvalue weighted by Gasteiger charge is 2.42. The average molecular weight is 668 g/mol. The summed E-state index contributed by atoms with van der Waals surface area (Å²) in [6.45, 7) is 7.71. The van der Waals surface area contributed by atoms with Crippen LogP contribution in [-0.4, -0.2) is 59.2 Å². The molecular formula is C39H45N3O7. The lowest BCUT2D eigenvalue weighted by atomic mass is 9.89. The maximum Gasteiger partial charge on any atom is 0.408 e. The van der Waals surface area contributed by atoms with Gasteiger partial charge < -0.3 is 24.6 Å². The number of rotatable bonds is 12. The largest absolute Gasteiger partial charge is 0.445 e. The Kier molecular flexibility index (Phi) is 11.2. The second-order valence-corrected chi connectivity index (χ2v) is 13.1. The molecule has 2 aliphatic heterocycles. The van der Waals surface area contributed by atoms with Crippen molar-refractivity contribution in [2.75, 3.05) is 18.0 Å². The number of aliphatic hydroxyl groups is 1. The molecule has 2 heterocycles. The molecule has 0 spiro atoms. The van der Waals surface area contributed by atoms with E-state index in [4.69, 9.17) is 14.2 Å². The zero-order valence-corrected chi connectivity index (χ0v) is 27.9. The number of nitrogens with one attached hydrogen (secondary N) is 1. The first-order valence-electron chi connectivity index (χ1n) is 17.1. The predicted molar refractivity (Wildman–Crippen MR) is 184 cm³/mol. The fraction of sp³-hybridized carbons (Fsp3) is 0.410. The van der Waals surface area contributed by atoms with E-state index in [0.717, 1.165) is 40.2 Å². The van der Waals surface area contributed by atoms with Crippen molar-refractivity contribution in [3.05, 3.63) is 114 Å². The van der Waals surface area contributed by atoms with Gasteiger partial charge in [-0.05, 0) is 41.7 Å². The molecular weight excluding hydrogens is 622 g/mol.